The molecule has 0 atom stereocenters. The predicted molar refractivity (Wildman–Crippen MR) is 147 cm³/mol. The van der Waals surface area contributed by atoms with Gasteiger partial charge >= 0.3 is 5.97 Å². The van der Waals surface area contributed by atoms with Gasteiger partial charge in [-0.15, -0.1) is 0 Å². The lowest BCUT2D eigenvalue weighted by atomic mass is 9.84. The van der Waals surface area contributed by atoms with Gasteiger partial charge in [-0.2, -0.15) is 0 Å². The summed E-state index contributed by atoms with van der Waals surface area (Å²) >= 11 is 0. The number of rotatable bonds is 12. The summed E-state index contributed by atoms with van der Waals surface area (Å²) in [6.07, 6.45) is 0.331. The van der Waals surface area contributed by atoms with Gasteiger partial charge in [-0.25, -0.2) is 0 Å². The van der Waals surface area contributed by atoms with Gasteiger partial charge in [0, 0.05) is 36.7 Å². The highest BCUT2D eigenvalue weighted by Crippen LogP contribution is 2.40. The molecular formula is C29H37N3O7. The number of fused-ring (bicyclic) bond motifs is 1. The van der Waals surface area contributed by atoms with Crippen molar-refractivity contribution in [2.75, 3.05) is 33.9 Å². The molecule has 10 nitrogen and oxygen atoms in total. The van der Waals surface area contributed by atoms with E-state index in [4.69, 9.17) is 24.7 Å². The second kappa shape index (κ2) is 12.2. The monoisotopic (exact) mass is 539 g/mol. The maximum atomic E-state index is 13.5. The summed E-state index contributed by atoms with van der Waals surface area (Å²) in [6.45, 7) is 8.69. The maximum Gasteiger partial charge on any atom is 0.303 e. The van der Waals surface area contributed by atoms with Crippen molar-refractivity contribution < 1.29 is 33.7 Å². The first kappa shape index (κ1) is 29.5. The highest BCUT2D eigenvalue weighted by molar-refractivity contribution is 6.07. The Labute approximate surface area is 228 Å². The molecule has 0 aromatic heterocycles. The Morgan fingerprint density at radius 1 is 1.10 bits per heavy atom. The highest BCUT2D eigenvalue weighted by Gasteiger charge is 2.31. The molecule has 10 heteroatoms. The Morgan fingerprint density at radius 2 is 1.82 bits per heavy atom. The van der Waals surface area contributed by atoms with Gasteiger partial charge in [0.15, 0.2) is 17.3 Å². The lowest BCUT2D eigenvalue weighted by molar-refractivity contribution is -0.137. The molecular weight excluding hydrogens is 502 g/mol. The van der Waals surface area contributed by atoms with Crippen LogP contribution in [0.25, 0.3) is 0 Å². The van der Waals surface area contributed by atoms with E-state index in [1.807, 2.05) is 27.7 Å². The molecule has 1 aliphatic rings. The number of amidine groups is 1. The standard InChI is InChI=1S/C29H37N3O7/c1-7-38-23-13-18-15-32(27(30)19(18)14-20(23)28(36)31-5)16-22(33)17-11-21(29(2,3)4)26(24(12-17)37-6)39-10-8-9-25(34)35/h11-14,30H,7-10,15-16H2,1-6H3,(H,31,36)(H,34,35). The quantitative estimate of drug-likeness (QED) is 0.272. The number of amides is 1. The number of aliphatic carboxylic acids is 1. The fraction of sp³-hybridized carbons (Fsp3) is 0.448. The minimum Gasteiger partial charge on any atom is -0.493 e. The molecule has 3 rings (SSSR count). The van der Waals surface area contributed by atoms with Gasteiger partial charge < -0.3 is 29.5 Å². The second-order valence-electron chi connectivity index (χ2n) is 10.3. The summed E-state index contributed by atoms with van der Waals surface area (Å²) in [4.78, 5) is 38.4. The topological polar surface area (TPSA) is 138 Å². The molecule has 210 valence electrons. The molecule has 0 fully saturated rings. The number of nitrogens with one attached hydrogen (secondary N) is 2. The Kier molecular flexibility index (Phi) is 9.21. The van der Waals surface area contributed by atoms with Crippen molar-refractivity contribution in [3.63, 3.8) is 0 Å². The zero-order valence-corrected chi connectivity index (χ0v) is 23.4. The van der Waals surface area contributed by atoms with Crippen molar-refractivity contribution in [3.8, 4) is 17.2 Å². The summed E-state index contributed by atoms with van der Waals surface area (Å²) < 4.78 is 17.2. The van der Waals surface area contributed by atoms with Crippen molar-refractivity contribution in [1.82, 2.24) is 10.2 Å². The third kappa shape index (κ3) is 6.68. The van der Waals surface area contributed by atoms with Crippen LogP contribution in [0.5, 0.6) is 17.2 Å². The first-order valence-corrected chi connectivity index (χ1v) is 12.9. The van der Waals surface area contributed by atoms with E-state index >= 15 is 0 Å². The molecule has 0 radical (unpaired) electrons. The van der Waals surface area contributed by atoms with E-state index in [1.165, 1.54) is 14.2 Å². The molecule has 1 aliphatic heterocycles. The van der Waals surface area contributed by atoms with Gasteiger partial charge in [0.05, 0.1) is 32.4 Å². The predicted octanol–water partition coefficient (Wildman–Crippen LogP) is 4.02. The van der Waals surface area contributed by atoms with E-state index in [0.717, 1.165) is 11.1 Å². The van der Waals surface area contributed by atoms with Crippen molar-refractivity contribution >= 4 is 23.5 Å². The van der Waals surface area contributed by atoms with Crippen LogP contribution in [0.3, 0.4) is 0 Å². The Morgan fingerprint density at radius 3 is 2.41 bits per heavy atom. The van der Waals surface area contributed by atoms with E-state index in [2.05, 4.69) is 5.32 Å². The Hall–Kier alpha value is -4.08. The first-order chi connectivity index (χ1) is 18.4. The van der Waals surface area contributed by atoms with Crippen molar-refractivity contribution in [2.45, 2.75) is 52.5 Å². The van der Waals surface area contributed by atoms with E-state index in [9.17, 15) is 14.4 Å². The number of carboxylic acid groups (broad SMARTS) is 1. The molecule has 0 saturated heterocycles. The summed E-state index contributed by atoms with van der Waals surface area (Å²) in [5.41, 5.74) is 2.52. The minimum absolute atomic E-state index is 0.00933. The van der Waals surface area contributed by atoms with E-state index in [1.54, 1.807) is 29.2 Å². The Balaban J connectivity index is 1.88. The number of carbonyl (C=O) groups excluding carboxylic acids is 2. The number of carboxylic acids is 1. The zero-order chi connectivity index (χ0) is 28.9. The summed E-state index contributed by atoms with van der Waals surface area (Å²) in [6, 6.07) is 6.80. The number of nitrogens with zero attached hydrogens (tertiary/aromatic N) is 1. The largest absolute Gasteiger partial charge is 0.493 e. The number of ketones is 1. The molecule has 0 aliphatic carbocycles. The zero-order valence-electron chi connectivity index (χ0n) is 23.4. The average Bonchev–Trinajstić information content (AvgIpc) is 3.18. The Bertz CT molecular complexity index is 1280. The molecule has 0 unspecified atom stereocenters. The second-order valence-corrected chi connectivity index (χ2v) is 10.3. The number of ether oxygens (including phenoxy) is 3. The highest BCUT2D eigenvalue weighted by atomic mass is 16.5. The smallest absolute Gasteiger partial charge is 0.303 e. The number of benzene rings is 2. The van der Waals surface area contributed by atoms with Crippen LogP contribution in [0.1, 0.15) is 77.9 Å². The van der Waals surface area contributed by atoms with Crippen LogP contribution in [0, 0.1) is 5.41 Å². The van der Waals surface area contributed by atoms with Crippen LogP contribution in [-0.2, 0) is 16.8 Å². The average molecular weight is 540 g/mol. The first-order valence-electron chi connectivity index (χ1n) is 12.9. The lowest BCUT2D eigenvalue weighted by Crippen LogP contribution is -2.30. The molecule has 39 heavy (non-hydrogen) atoms. The molecule has 0 bridgehead atoms. The summed E-state index contributed by atoms with van der Waals surface area (Å²) in [5, 5.41) is 20.2. The summed E-state index contributed by atoms with van der Waals surface area (Å²) in [7, 11) is 3.03. The van der Waals surface area contributed by atoms with Crippen LogP contribution in [0.4, 0.5) is 0 Å². The van der Waals surface area contributed by atoms with Crippen LogP contribution in [0.15, 0.2) is 24.3 Å². The number of Topliss-reactive ketones (excluding diaryl/α,β-unsaturated/α-hetero) is 1. The molecule has 1 amide bonds. The number of hydrogen-bond donors (Lipinski definition) is 3. The van der Waals surface area contributed by atoms with Gasteiger partial charge in [0.25, 0.3) is 5.91 Å². The van der Waals surface area contributed by atoms with Gasteiger partial charge in [0.1, 0.15) is 11.6 Å². The number of methoxy groups -OCH3 is 1. The number of carbonyl (C=O) groups is 3. The van der Waals surface area contributed by atoms with Crippen LogP contribution >= 0.6 is 0 Å². The van der Waals surface area contributed by atoms with Crippen molar-refractivity contribution in [1.29, 1.82) is 5.41 Å². The SMILES string of the molecule is CCOc1cc2c(cc1C(=O)NC)C(=N)N(CC(=O)c1cc(OC)c(OCCCC(=O)O)c(C(C)(C)C)c1)C2. The lowest BCUT2D eigenvalue weighted by Gasteiger charge is -2.26. The van der Waals surface area contributed by atoms with E-state index < -0.39 is 11.4 Å². The fourth-order valence-electron chi connectivity index (χ4n) is 4.43. The minimum atomic E-state index is -0.892. The third-order valence-corrected chi connectivity index (χ3v) is 6.43. The normalized spacial score (nSPS) is 12.7. The molecule has 2 aromatic rings. The molecule has 0 spiro atoms. The van der Waals surface area contributed by atoms with Gasteiger partial charge in [0.2, 0.25) is 0 Å². The van der Waals surface area contributed by atoms with Gasteiger partial charge in [-0.05, 0) is 48.6 Å². The van der Waals surface area contributed by atoms with Gasteiger partial charge in [-0.1, -0.05) is 20.8 Å². The molecule has 3 N–H and O–H groups in total. The third-order valence-electron chi connectivity index (χ3n) is 6.43. The maximum absolute atomic E-state index is 13.5. The van der Waals surface area contributed by atoms with E-state index in [-0.39, 0.29) is 37.1 Å². The van der Waals surface area contributed by atoms with Gasteiger partial charge in [-0.3, -0.25) is 19.8 Å². The fourth-order valence-corrected chi connectivity index (χ4v) is 4.43. The number of hydrogen-bond acceptors (Lipinski definition) is 7. The van der Waals surface area contributed by atoms with Crippen molar-refractivity contribution in [3.05, 3.63) is 52.1 Å². The van der Waals surface area contributed by atoms with Crippen LogP contribution < -0.4 is 19.5 Å². The van der Waals surface area contributed by atoms with Crippen molar-refractivity contribution in [2.24, 2.45) is 0 Å². The molecule has 0 saturated carbocycles. The van der Waals surface area contributed by atoms with E-state index in [0.29, 0.717) is 53.5 Å². The molecule has 1 heterocycles. The molecule has 2 aromatic carbocycles. The van der Waals surface area contributed by atoms with Crippen LogP contribution in [-0.4, -0.2) is 67.4 Å². The summed E-state index contributed by atoms with van der Waals surface area (Å²) in [5.74, 6) is 0.0658. The van der Waals surface area contributed by atoms with Crippen LogP contribution in [0.2, 0.25) is 0 Å².